The maximum atomic E-state index is 12.3. The Kier molecular flexibility index (Phi) is 3.65. The predicted molar refractivity (Wildman–Crippen MR) is 83.6 cm³/mol. The molecule has 0 bridgehead atoms. The minimum Gasteiger partial charge on any atom is -0.309 e. The van der Waals surface area contributed by atoms with Gasteiger partial charge in [-0.3, -0.25) is 9.59 Å². The molecule has 110 valence electrons. The number of carbonyl (C=O) groups is 1. The van der Waals surface area contributed by atoms with Gasteiger partial charge in [-0.2, -0.15) is 5.10 Å². The summed E-state index contributed by atoms with van der Waals surface area (Å²) in [5, 5.41) is 8.01. The fourth-order valence-corrected chi connectivity index (χ4v) is 2.16. The molecule has 0 saturated heterocycles. The minimum absolute atomic E-state index is 0.153. The molecule has 6 heteroatoms. The largest absolute Gasteiger partial charge is 0.309 e. The van der Waals surface area contributed by atoms with E-state index in [-0.39, 0.29) is 18.0 Å². The fraction of sp³-hybridized carbons (Fsp3) is 0.125. The van der Waals surface area contributed by atoms with Gasteiger partial charge in [-0.25, -0.2) is 9.67 Å². The Balaban J connectivity index is 1.84. The number of hydrogen-bond donors (Lipinski definition) is 1. The molecule has 0 aliphatic rings. The normalized spacial score (nSPS) is 10.6. The number of carbonyl (C=O) groups excluding carboxylic acids is 1. The van der Waals surface area contributed by atoms with Gasteiger partial charge in [-0.15, -0.1) is 0 Å². The predicted octanol–water partition coefficient (Wildman–Crippen LogP) is 1.74. The number of nitrogens with one attached hydrogen (secondary N) is 1. The Hall–Kier alpha value is -3.02. The van der Waals surface area contributed by atoms with E-state index in [0.717, 1.165) is 15.6 Å². The molecule has 1 N–H and O–H groups in total. The van der Waals surface area contributed by atoms with Gasteiger partial charge in [0.05, 0.1) is 11.6 Å². The van der Waals surface area contributed by atoms with Crippen LogP contribution in [-0.2, 0) is 11.3 Å². The summed E-state index contributed by atoms with van der Waals surface area (Å²) in [5.41, 5.74) is 0.570. The fourth-order valence-electron chi connectivity index (χ4n) is 2.16. The van der Waals surface area contributed by atoms with Crippen LogP contribution in [0.1, 0.15) is 5.56 Å². The molecule has 6 nitrogen and oxygen atoms in total. The lowest BCUT2D eigenvalue weighted by Gasteiger charge is -2.08. The SMILES string of the molecule is Cc1cccnc1NC(=O)Cn1ncc2ccccc2c1=O. The number of pyridine rings is 1. The van der Waals surface area contributed by atoms with Crippen LogP contribution in [0, 0.1) is 6.92 Å². The van der Waals surface area contributed by atoms with E-state index < -0.39 is 0 Å². The van der Waals surface area contributed by atoms with Gasteiger partial charge < -0.3 is 5.32 Å². The van der Waals surface area contributed by atoms with E-state index in [2.05, 4.69) is 15.4 Å². The molecule has 0 aliphatic carbocycles. The Labute approximate surface area is 126 Å². The highest BCUT2D eigenvalue weighted by molar-refractivity contribution is 5.90. The molecule has 22 heavy (non-hydrogen) atoms. The summed E-state index contributed by atoms with van der Waals surface area (Å²) in [4.78, 5) is 28.5. The number of anilines is 1. The molecule has 0 aliphatic heterocycles. The molecule has 1 amide bonds. The quantitative estimate of drug-likeness (QED) is 0.798. The number of hydrogen-bond acceptors (Lipinski definition) is 4. The Morgan fingerprint density at radius 1 is 1.23 bits per heavy atom. The summed E-state index contributed by atoms with van der Waals surface area (Å²) in [7, 11) is 0. The number of amides is 1. The van der Waals surface area contributed by atoms with Crippen LogP contribution in [0.3, 0.4) is 0 Å². The first-order valence-electron chi connectivity index (χ1n) is 6.81. The first-order chi connectivity index (χ1) is 10.6. The average molecular weight is 294 g/mol. The van der Waals surface area contributed by atoms with Crippen LogP contribution in [0.5, 0.6) is 0 Å². The lowest BCUT2D eigenvalue weighted by molar-refractivity contribution is -0.117. The standard InChI is InChI=1S/C16H14N4O2/c1-11-5-4-8-17-15(11)19-14(21)10-20-16(22)13-7-3-2-6-12(13)9-18-20/h2-9H,10H2,1H3,(H,17,19,21). The maximum Gasteiger partial charge on any atom is 0.275 e. The number of benzene rings is 1. The lowest BCUT2D eigenvalue weighted by atomic mass is 10.2. The van der Waals surface area contributed by atoms with E-state index in [1.165, 1.54) is 0 Å². The van der Waals surface area contributed by atoms with Crippen LogP contribution in [0.25, 0.3) is 10.8 Å². The zero-order valence-electron chi connectivity index (χ0n) is 12.0. The summed E-state index contributed by atoms with van der Waals surface area (Å²) in [5.74, 6) is 0.146. The van der Waals surface area contributed by atoms with Crippen LogP contribution in [-0.4, -0.2) is 20.7 Å². The smallest absolute Gasteiger partial charge is 0.275 e. The maximum absolute atomic E-state index is 12.3. The Bertz CT molecular complexity index is 902. The van der Waals surface area contributed by atoms with Gasteiger partial charge in [0.25, 0.3) is 5.56 Å². The summed E-state index contributed by atoms with van der Waals surface area (Å²) in [6.45, 7) is 1.70. The minimum atomic E-state index is -0.341. The summed E-state index contributed by atoms with van der Waals surface area (Å²) >= 11 is 0. The summed E-state index contributed by atoms with van der Waals surface area (Å²) in [6, 6.07) is 10.8. The monoisotopic (exact) mass is 294 g/mol. The highest BCUT2D eigenvalue weighted by Gasteiger charge is 2.10. The van der Waals surface area contributed by atoms with Crippen LogP contribution < -0.4 is 10.9 Å². The second-order valence-corrected chi connectivity index (χ2v) is 4.91. The average Bonchev–Trinajstić information content (AvgIpc) is 2.53. The number of nitrogens with zero attached hydrogens (tertiary/aromatic N) is 3. The van der Waals surface area contributed by atoms with Crippen molar-refractivity contribution >= 4 is 22.5 Å². The van der Waals surface area contributed by atoms with Crippen molar-refractivity contribution in [2.24, 2.45) is 0 Å². The van der Waals surface area contributed by atoms with Crippen LogP contribution in [0.2, 0.25) is 0 Å². The third-order valence-electron chi connectivity index (χ3n) is 3.32. The molecule has 0 spiro atoms. The molecule has 0 unspecified atom stereocenters. The van der Waals surface area contributed by atoms with Gasteiger partial charge in [0, 0.05) is 11.6 Å². The first-order valence-corrected chi connectivity index (χ1v) is 6.81. The van der Waals surface area contributed by atoms with E-state index >= 15 is 0 Å². The third-order valence-corrected chi connectivity index (χ3v) is 3.32. The molecule has 2 aromatic heterocycles. The zero-order chi connectivity index (χ0) is 15.5. The van der Waals surface area contributed by atoms with E-state index in [9.17, 15) is 9.59 Å². The van der Waals surface area contributed by atoms with Gasteiger partial charge in [0.2, 0.25) is 5.91 Å². The summed E-state index contributed by atoms with van der Waals surface area (Å²) < 4.78 is 1.15. The first kappa shape index (κ1) is 13.9. The molecular formula is C16H14N4O2. The van der Waals surface area contributed by atoms with Gasteiger partial charge in [0.15, 0.2) is 0 Å². The molecule has 2 heterocycles. The molecule has 0 saturated carbocycles. The Morgan fingerprint density at radius 2 is 2.05 bits per heavy atom. The Morgan fingerprint density at radius 3 is 2.86 bits per heavy atom. The van der Waals surface area contributed by atoms with Crippen molar-refractivity contribution in [1.82, 2.24) is 14.8 Å². The van der Waals surface area contributed by atoms with Crippen LogP contribution in [0.15, 0.2) is 53.6 Å². The molecule has 3 aromatic rings. The van der Waals surface area contributed by atoms with Crippen molar-refractivity contribution in [3.8, 4) is 0 Å². The molecule has 0 fully saturated rings. The number of aromatic nitrogens is 3. The van der Waals surface area contributed by atoms with Crippen molar-refractivity contribution in [2.45, 2.75) is 13.5 Å². The number of rotatable bonds is 3. The van der Waals surface area contributed by atoms with Crippen molar-refractivity contribution in [3.63, 3.8) is 0 Å². The molecule has 0 radical (unpaired) electrons. The highest BCUT2D eigenvalue weighted by atomic mass is 16.2. The van der Waals surface area contributed by atoms with Crippen molar-refractivity contribution < 1.29 is 4.79 Å². The van der Waals surface area contributed by atoms with E-state index in [4.69, 9.17) is 0 Å². The van der Waals surface area contributed by atoms with Gasteiger partial charge >= 0.3 is 0 Å². The molecule has 3 rings (SSSR count). The molecule has 0 atom stereocenters. The van der Waals surface area contributed by atoms with Gasteiger partial charge in [0.1, 0.15) is 12.4 Å². The van der Waals surface area contributed by atoms with Crippen molar-refractivity contribution in [1.29, 1.82) is 0 Å². The van der Waals surface area contributed by atoms with E-state index in [1.807, 2.05) is 25.1 Å². The second kappa shape index (κ2) is 5.77. The highest BCUT2D eigenvalue weighted by Crippen LogP contribution is 2.09. The van der Waals surface area contributed by atoms with Gasteiger partial charge in [-0.05, 0) is 24.6 Å². The van der Waals surface area contributed by atoms with Crippen molar-refractivity contribution in [3.05, 3.63) is 64.7 Å². The zero-order valence-corrected chi connectivity index (χ0v) is 12.0. The number of fused-ring (bicyclic) bond motifs is 1. The lowest BCUT2D eigenvalue weighted by Crippen LogP contribution is -2.29. The second-order valence-electron chi connectivity index (χ2n) is 4.91. The van der Waals surface area contributed by atoms with E-state index in [0.29, 0.717) is 11.2 Å². The van der Waals surface area contributed by atoms with Crippen molar-refractivity contribution in [2.75, 3.05) is 5.32 Å². The summed E-state index contributed by atoms with van der Waals surface area (Å²) in [6.07, 6.45) is 3.18. The molecular weight excluding hydrogens is 280 g/mol. The number of aryl methyl sites for hydroxylation is 1. The van der Waals surface area contributed by atoms with E-state index in [1.54, 1.807) is 30.6 Å². The third kappa shape index (κ3) is 2.71. The van der Waals surface area contributed by atoms with Gasteiger partial charge in [-0.1, -0.05) is 24.3 Å². The van der Waals surface area contributed by atoms with Crippen LogP contribution >= 0.6 is 0 Å². The topological polar surface area (TPSA) is 76.9 Å². The molecule has 1 aromatic carbocycles. The van der Waals surface area contributed by atoms with Crippen LogP contribution in [0.4, 0.5) is 5.82 Å².